The molecular weight excluding hydrogens is 232 g/mol. The molecule has 0 saturated heterocycles. The number of nitrogens with one attached hydrogen (secondary N) is 2. The van der Waals surface area contributed by atoms with Gasteiger partial charge in [0.25, 0.3) is 5.69 Å². The Balaban J connectivity index is 1.87. The highest BCUT2D eigenvalue weighted by atomic mass is 16.6. The summed E-state index contributed by atoms with van der Waals surface area (Å²) < 4.78 is 0. The number of hydrogen-bond acceptors (Lipinski definition) is 4. The number of aromatic amines is 1. The van der Waals surface area contributed by atoms with E-state index < -0.39 is 4.92 Å². The standard InChI is InChI=1S/C12H14N4O2/c1-7(8-2-3-8)13-12-14-10-5-4-9(16(17)18)6-11(10)15-12/h4-8H,2-3H2,1H3,(H2,13,14,15). The van der Waals surface area contributed by atoms with Crippen LogP contribution in [0.15, 0.2) is 18.2 Å². The van der Waals surface area contributed by atoms with Crippen molar-refractivity contribution in [2.75, 3.05) is 5.32 Å². The van der Waals surface area contributed by atoms with Gasteiger partial charge in [-0.3, -0.25) is 10.1 Å². The molecule has 1 aliphatic rings. The van der Waals surface area contributed by atoms with Crippen LogP contribution in [0, 0.1) is 16.0 Å². The van der Waals surface area contributed by atoms with Crippen molar-refractivity contribution in [3.63, 3.8) is 0 Å². The second kappa shape index (κ2) is 3.97. The van der Waals surface area contributed by atoms with E-state index in [2.05, 4.69) is 22.2 Å². The van der Waals surface area contributed by atoms with E-state index in [0.29, 0.717) is 17.5 Å². The number of aromatic nitrogens is 2. The number of hydrogen-bond donors (Lipinski definition) is 2. The minimum absolute atomic E-state index is 0.0768. The summed E-state index contributed by atoms with van der Waals surface area (Å²) in [5.74, 6) is 1.41. The van der Waals surface area contributed by atoms with E-state index in [-0.39, 0.29) is 5.69 Å². The minimum Gasteiger partial charge on any atom is -0.353 e. The molecule has 0 aliphatic heterocycles. The molecule has 1 aliphatic carbocycles. The van der Waals surface area contributed by atoms with Crippen molar-refractivity contribution < 1.29 is 4.92 Å². The van der Waals surface area contributed by atoms with Crippen LogP contribution in [0.5, 0.6) is 0 Å². The topological polar surface area (TPSA) is 83.8 Å². The summed E-state index contributed by atoms with van der Waals surface area (Å²) in [5, 5.41) is 14.0. The summed E-state index contributed by atoms with van der Waals surface area (Å²) >= 11 is 0. The SMILES string of the molecule is CC(Nc1nc2ccc([N+](=O)[O-])cc2[nH]1)C1CC1. The first kappa shape index (κ1) is 11.0. The molecule has 1 aromatic heterocycles. The number of anilines is 1. The van der Waals surface area contributed by atoms with Gasteiger partial charge in [-0.2, -0.15) is 0 Å². The Bertz CT molecular complexity index is 603. The molecule has 3 rings (SSSR count). The van der Waals surface area contributed by atoms with Crippen LogP contribution >= 0.6 is 0 Å². The maximum absolute atomic E-state index is 10.7. The molecule has 18 heavy (non-hydrogen) atoms. The molecule has 0 bridgehead atoms. The number of H-pyrrole nitrogens is 1. The monoisotopic (exact) mass is 246 g/mol. The highest BCUT2D eigenvalue weighted by Gasteiger charge is 2.28. The van der Waals surface area contributed by atoms with E-state index >= 15 is 0 Å². The van der Waals surface area contributed by atoms with Crippen LogP contribution in [0.1, 0.15) is 19.8 Å². The first-order valence-electron chi connectivity index (χ1n) is 6.04. The van der Waals surface area contributed by atoms with Gasteiger partial charge in [0.05, 0.1) is 16.0 Å². The van der Waals surface area contributed by atoms with Crippen LogP contribution in [0.2, 0.25) is 0 Å². The summed E-state index contributed by atoms with van der Waals surface area (Å²) in [6.07, 6.45) is 2.53. The maximum atomic E-state index is 10.7. The van der Waals surface area contributed by atoms with Crippen molar-refractivity contribution in [3.8, 4) is 0 Å². The van der Waals surface area contributed by atoms with Crippen LogP contribution in [0.3, 0.4) is 0 Å². The smallest absolute Gasteiger partial charge is 0.271 e. The van der Waals surface area contributed by atoms with E-state index in [1.807, 2.05) is 0 Å². The number of rotatable bonds is 4. The van der Waals surface area contributed by atoms with Crippen molar-refractivity contribution >= 4 is 22.7 Å². The average molecular weight is 246 g/mol. The lowest BCUT2D eigenvalue weighted by Crippen LogP contribution is -2.17. The predicted molar refractivity (Wildman–Crippen MR) is 68.6 cm³/mol. The predicted octanol–water partition coefficient (Wildman–Crippen LogP) is 2.68. The number of fused-ring (bicyclic) bond motifs is 1. The molecule has 0 spiro atoms. The van der Waals surface area contributed by atoms with Crippen molar-refractivity contribution in [1.82, 2.24) is 9.97 Å². The lowest BCUT2D eigenvalue weighted by Gasteiger charge is -2.10. The van der Waals surface area contributed by atoms with E-state index in [9.17, 15) is 10.1 Å². The highest BCUT2D eigenvalue weighted by molar-refractivity contribution is 5.79. The minimum atomic E-state index is -0.403. The lowest BCUT2D eigenvalue weighted by atomic mass is 10.2. The van der Waals surface area contributed by atoms with Gasteiger partial charge in [0.15, 0.2) is 0 Å². The molecule has 6 heteroatoms. The molecule has 1 saturated carbocycles. The summed E-state index contributed by atoms with van der Waals surface area (Å²) in [4.78, 5) is 17.7. The van der Waals surface area contributed by atoms with Gasteiger partial charge < -0.3 is 10.3 Å². The van der Waals surface area contributed by atoms with Crippen molar-refractivity contribution in [3.05, 3.63) is 28.3 Å². The van der Waals surface area contributed by atoms with E-state index in [1.54, 1.807) is 6.07 Å². The van der Waals surface area contributed by atoms with Crippen LogP contribution < -0.4 is 5.32 Å². The van der Waals surface area contributed by atoms with E-state index in [4.69, 9.17) is 0 Å². The van der Waals surface area contributed by atoms with E-state index in [0.717, 1.165) is 11.4 Å². The Labute approximate surface area is 104 Å². The van der Waals surface area contributed by atoms with Crippen LogP contribution in [0.25, 0.3) is 11.0 Å². The summed E-state index contributed by atoms with van der Waals surface area (Å²) in [7, 11) is 0. The third-order valence-corrected chi connectivity index (χ3v) is 3.37. The number of non-ortho nitro benzene ring substituents is 1. The Kier molecular flexibility index (Phi) is 2.43. The van der Waals surface area contributed by atoms with Gasteiger partial charge in [-0.1, -0.05) is 0 Å². The molecule has 2 N–H and O–H groups in total. The van der Waals surface area contributed by atoms with Crippen LogP contribution in [0.4, 0.5) is 11.6 Å². The number of benzene rings is 1. The number of nitro benzene ring substituents is 1. The van der Waals surface area contributed by atoms with Gasteiger partial charge in [0.1, 0.15) is 0 Å². The van der Waals surface area contributed by atoms with Crippen LogP contribution in [-0.4, -0.2) is 20.9 Å². The lowest BCUT2D eigenvalue weighted by molar-refractivity contribution is -0.384. The highest BCUT2D eigenvalue weighted by Crippen LogP contribution is 2.33. The molecule has 1 heterocycles. The molecule has 1 atom stereocenters. The number of nitro groups is 1. The van der Waals surface area contributed by atoms with Crippen molar-refractivity contribution in [2.24, 2.45) is 5.92 Å². The number of nitrogens with zero attached hydrogens (tertiary/aromatic N) is 2. The fourth-order valence-electron chi connectivity index (χ4n) is 2.11. The second-order valence-corrected chi connectivity index (χ2v) is 4.81. The fraction of sp³-hybridized carbons (Fsp3) is 0.417. The van der Waals surface area contributed by atoms with Gasteiger partial charge >= 0.3 is 0 Å². The van der Waals surface area contributed by atoms with Gasteiger partial charge in [0, 0.05) is 18.2 Å². The Hall–Kier alpha value is -2.11. The largest absolute Gasteiger partial charge is 0.353 e. The average Bonchev–Trinajstić information content (AvgIpc) is 3.09. The Morgan fingerprint density at radius 3 is 3.00 bits per heavy atom. The van der Waals surface area contributed by atoms with Gasteiger partial charge in [0.2, 0.25) is 5.95 Å². The quantitative estimate of drug-likeness (QED) is 0.641. The molecule has 1 aromatic carbocycles. The maximum Gasteiger partial charge on any atom is 0.271 e. The zero-order valence-corrected chi connectivity index (χ0v) is 10.0. The van der Waals surface area contributed by atoms with E-state index in [1.165, 1.54) is 25.0 Å². The zero-order valence-electron chi connectivity index (χ0n) is 10.0. The first-order chi connectivity index (χ1) is 8.63. The number of imidazole rings is 1. The van der Waals surface area contributed by atoms with Crippen molar-refractivity contribution in [1.29, 1.82) is 0 Å². The fourth-order valence-corrected chi connectivity index (χ4v) is 2.11. The summed E-state index contributed by atoms with van der Waals surface area (Å²) in [6.45, 7) is 2.13. The second-order valence-electron chi connectivity index (χ2n) is 4.81. The molecule has 0 amide bonds. The molecule has 94 valence electrons. The molecule has 6 nitrogen and oxygen atoms in total. The molecule has 0 radical (unpaired) electrons. The summed E-state index contributed by atoms with van der Waals surface area (Å²) in [5.41, 5.74) is 1.51. The Morgan fingerprint density at radius 2 is 2.33 bits per heavy atom. The third kappa shape index (κ3) is 2.01. The van der Waals surface area contributed by atoms with Gasteiger partial charge in [-0.15, -0.1) is 0 Å². The summed E-state index contributed by atoms with van der Waals surface area (Å²) in [6, 6.07) is 5.03. The van der Waals surface area contributed by atoms with Crippen LogP contribution in [-0.2, 0) is 0 Å². The molecular formula is C12H14N4O2. The molecule has 1 fully saturated rings. The normalized spacial score (nSPS) is 16.7. The van der Waals surface area contributed by atoms with Gasteiger partial charge in [-0.25, -0.2) is 4.98 Å². The molecule has 1 unspecified atom stereocenters. The Morgan fingerprint density at radius 1 is 1.56 bits per heavy atom. The van der Waals surface area contributed by atoms with Crippen molar-refractivity contribution in [2.45, 2.75) is 25.8 Å². The third-order valence-electron chi connectivity index (χ3n) is 3.37. The van der Waals surface area contributed by atoms with Gasteiger partial charge in [-0.05, 0) is 31.7 Å². The first-order valence-corrected chi connectivity index (χ1v) is 6.04. The molecule has 2 aromatic rings. The zero-order chi connectivity index (χ0) is 12.7.